The number of rotatable bonds is 5. The molecule has 254 valence electrons. The molecule has 3 aliphatic heterocycles. The number of pyridine rings is 1. The summed E-state index contributed by atoms with van der Waals surface area (Å²) < 4.78 is 17.1. The molecule has 5 bridgehead atoms. The summed E-state index contributed by atoms with van der Waals surface area (Å²) in [6.07, 6.45) is 4.03. The van der Waals surface area contributed by atoms with E-state index in [-0.39, 0.29) is 23.8 Å². The van der Waals surface area contributed by atoms with Crippen LogP contribution in [0.1, 0.15) is 71.7 Å². The molecule has 0 spiro atoms. The van der Waals surface area contributed by atoms with Crippen molar-refractivity contribution in [3.8, 4) is 0 Å². The molecule has 12 nitrogen and oxygen atoms in total. The minimum atomic E-state index is -1.07. The quantitative estimate of drug-likeness (QED) is 0.416. The summed E-state index contributed by atoms with van der Waals surface area (Å²) in [5.41, 5.74) is 4.04. The number of fused-ring (bicyclic) bond motifs is 4. The third-order valence-electron chi connectivity index (χ3n) is 8.95. The number of hydrogen-bond donors (Lipinski definition) is 3. The van der Waals surface area contributed by atoms with Crippen molar-refractivity contribution in [2.75, 3.05) is 33.0 Å². The first-order chi connectivity index (χ1) is 22.2. The molecule has 0 aliphatic carbocycles. The smallest absolute Gasteiger partial charge is 0.325 e. The van der Waals surface area contributed by atoms with E-state index in [1.54, 1.807) is 26.8 Å². The Bertz CT molecular complexity index is 1540. The maximum absolute atomic E-state index is 13.9. The number of hydrogen-bond acceptors (Lipinski definition) is 9. The van der Waals surface area contributed by atoms with Crippen molar-refractivity contribution in [2.45, 2.75) is 78.6 Å². The molecule has 3 aliphatic rings. The highest BCUT2D eigenvalue weighted by Gasteiger charge is 2.38. The van der Waals surface area contributed by atoms with Crippen LogP contribution in [0.25, 0.3) is 17.0 Å². The van der Waals surface area contributed by atoms with Gasteiger partial charge in [-0.15, -0.1) is 0 Å². The Morgan fingerprint density at radius 3 is 2.51 bits per heavy atom. The van der Waals surface area contributed by atoms with Crippen LogP contribution in [-0.4, -0.2) is 84.8 Å². The van der Waals surface area contributed by atoms with E-state index < -0.39 is 47.4 Å². The number of carbonyl (C=O) groups excluding carboxylic acids is 4. The van der Waals surface area contributed by atoms with Gasteiger partial charge in [0.2, 0.25) is 11.8 Å². The molecule has 0 radical (unpaired) electrons. The van der Waals surface area contributed by atoms with Crippen LogP contribution < -0.4 is 16.1 Å². The molecule has 3 amide bonds. The zero-order chi connectivity index (χ0) is 33.9. The molecule has 2 saturated heterocycles. The van der Waals surface area contributed by atoms with Crippen LogP contribution in [0.15, 0.2) is 36.4 Å². The van der Waals surface area contributed by atoms with Gasteiger partial charge < -0.3 is 24.8 Å². The van der Waals surface area contributed by atoms with E-state index in [9.17, 15) is 19.2 Å². The van der Waals surface area contributed by atoms with Crippen molar-refractivity contribution in [2.24, 2.45) is 16.7 Å². The van der Waals surface area contributed by atoms with Gasteiger partial charge in [0.15, 0.2) is 0 Å². The molecule has 4 heterocycles. The molecule has 2 aromatic rings. The zero-order valence-corrected chi connectivity index (χ0v) is 28.1. The van der Waals surface area contributed by atoms with Crippen molar-refractivity contribution < 1.29 is 33.4 Å². The van der Waals surface area contributed by atoms with Gasteiger partial charge in [-0.3, -0.25) is 24.2 Å². The Labute approximate surface area is 275 Å². The maximum Gasteiger partial charge on any atom is 0.325 e. The first-order valence-corrected chi connectivity index (χ1v) is 16.4. The van der Waals surface area contributed by atoms with Gasteiger partial charge in [0.25, 0.3) is 5.91 Å². The largest absolute Gasteiger partial charge is 0.455 e. The van der Waals surface area contributed by atoms with Crippen LogP contribution in [0.5, 0.6) is 0 Å². The Morgan fingerprint density at radius 2 is 1.81 bits per heavy atom. The number of nitrogens with one attached hydrogen (secondary N) is 3. The minimum Gasteiger partial charge on any atom is -0.455 e. The van der Waals surface area contributed by atoms with Gasteiger partial charge in [0.05, 0.1) is 43.1 Å². The van der Waals surface area contributed by atoms with Crippen molar-refractivity contribution >= 4 is 40.7 Å². The highest BCUT2D eigenvalue weighted by molar-refractivity contribution is 5.94. The van der Waals surface area contributed by atoms with Crippen molar-refractivity contribution in [3.05, 3.63) is 47.7 Å². The van der Waals surface area contributed by atoms with E-state index in [4.69, 9.17) is 19.2 Å². The zero-order valence-electron chi connectivity index (χ0n) is 28.1. The fourth-order valence-corrected chi connectivity index (χ4v) is 5.74. The van der Waals surface area contributed by atoms with E-state index in [1.165, 1.54) is 5.01 Å². The van der Waals surface area contributed by atoms with Crippen molar-refractivity contribution in [3.63, 3.8) is 0 Å². The highest BCUT2D eigenvalue weighted by atomic mass is 16.5. The SMILES string of the molecule is CC(C)[C@@H]1NC(=O)C(C)(C)/C=C/c2ccc3ccc(nc3c2)[C@@H](C)OC(=O)[C@@H]2CCCN(N2)C(=O)[C@H](COCC2(C)COC2)NC1=O. The number of benzene rings is 1. The van der Waals surface area contributed by atoms with Gasteiger partial charge in [-0.2, -0.15) is 0 Å². The summed E-state index contributed by atoms with van der Waals surface area (Å²) in [6, 6.07) is 6.80. The lowest BCUT2D eigenvalue weighted by atomic mass is 9.89. The summed E-state index contributed by atoms with van der Waals surface area (Å²) in [6.45, 7) is 12.7. The first kappa shape index (κ1) is 34.5. The summed E-state index contributed by atoms with van der Waals surface area (Å²) >= 11 is 0. The molecule has 1 aromatic heterocycles. The van der Waals surface area contributed by atoms with Gasteiger partial charge in [-0.1, -0.05) is 51.1 Å². The molecule has 4 atom stereocenters. The van der Waals surface area contributed by atoms with E-state index in [0.717, 1.165) is 16.5 Å². The average molecular weight is 650 g/mol. The third-order valence-corrected chi connectivity index (χ3v) is 8.95. The van der Waals surface area contributed by atoms with Crippen LogP contribution in [0.2, 0.25) is 0 Å². The fourth-order valence-electron chi connectivity index (χ4n) is 5.74. The molecule has 2 fully saturated rings. The topological polar surface area (TPSA) is 148 Å². The lowest BCUT2D eigenvalue weighted by Gasteiger charge is -2.38. The summed E-state index contributed by atoms with van der Waals surface area (Å²) in [5.74, 6) is -2.07. The maximum atomic E-state index is 13.9. The Morgan fingerprint density at radius 1 is 1.06 bits per heavy atom. The first-order valence-electron chi connectivity index (χ1n) is 16.4. The third kappa shape index (κ3) is 8.17. The molecule has 3 N–H and O–H groups in total. The van der Waals surface area contributed by atoms with Crippen LogP contribution in [0.4, 0.5) is 0 Å². The van der Waals surface area contributed by atoms with Gasteiger partial charge in [0.1, 0.15) is 24.2 Å². The molecule has 47 heavy (non-hydrogen) atoms. The Kier molecular flexibility index (Phi) is 10.3. The van der Waals surface area contributed by atoms with E-state index in [0.29, 0.717) is 44.9 Å². The molecular formula is C35H47N5O7. The Balaban J connectivity index is 1.46. The lowest BCUT2D eigenvalue weighted by molar-refractivity contribution is -0.159. The fraction of sp³-hybridized carbons (Fsp3) is 0.571. The number of ether oxygens (including phenoxy) is 3. The molecule has 5 rings (SSSR count). The second-order valence-corrected chi connectivity index (χ2v) is 14.2. The lowest BCUT2D eigenvalue weighted by Crippen LogP contribution is -2.63. The van der Waals surface area contributed by atoms with Crippen molar-refractivity contribution in [1.82, 2.24) is 26.1 Å². The second kappa shape index (κ2) is 14.1. The van der Waals surface area contributed by atoms with Crippen LogP contribution >= 0.6 is 0 Å². The predicted octanol–water partition coefficient (Wildman–Crippen LogP) is 3.07. The van der Waals surface area contributed by atoms with Crippen molar-refractivity contribution in [1.29, 1.82) is 0 Å². The van der Waals surface area contributed by atoms with Crippen LogP contribution in [-0.2, 0) is 33.4 Å². The Hall–Kier alpha value is -3.87. The van der Waals surface area contributed by atoms with E-state index >= 15 is 0 Å². The molecule has 0 saturated carbocycles. The second-order valence-electron chi connectivity index (χ2n) is 14.2. The standard InChI is InChI=1S/C35H47N5O7/c1-21(2)29-30(41)37-28(17-45-18-35(6)19-46-20-35)31(42)40-15-7-8-26(39-40)32(43)47-22(3)25-12-11-24-10-9-23(16-27(24)36-25)13-14-34(4,5)33(44)38-29/h9-14,16,21-22,26,28-29,39H,7-8,15,17-20H2,1-6H3,(H,37,41)(H,38,44)/b14-13+/t22-,26+,28+,29+/m1/s1. The number of cyclic esters (lactones) is 1. The normalized spacial score (nSPS) is 27.5. The van der Waals surface area contributed by atoms with Gasteiger partial charge in [-0.25, -0.2) is 10.4 Å². The number of amides is 3. The predicted molar refractivity (Wildman–Crippen MR) is 175 cm³/mol. The van der Waals surface area contributed by atoms with Crippen LogP contribution in [0.3, 0.4) is 0 Å². The molecule has 0 unspecified atom stereocenters. The number of aromatic nitrogens is 1. The molecular weight excluding hydrogens is 602 g/mol. The van der Waals surface area contributed by atoms with E-state index in [1.807, 2.05) is 57.2 Å². The number of hydrazine groups is 1. The average Bonchev–Trinajstić information content (AvgIpc) is 3.03. The number of nitrogens with zero attached hydrogens (tertiary/aromatic N) is 2. The summed E-state index contributed by atoms with van der Waals surface area (Å²) in [7, 11) is 0. The van der Waals surface area contributed by atoms with Crippen LogP contribution in [0, 0.1) is 16.7 Å². The monoisotopic (exact) mass is 649 g/mol. The summed E-state index contributed by atoms with van der Waals surface area (Å²) in [5, 5.41) is 8.04. The van der Waals surface area contributed by atoms with Gasteiger partial charge in [-0.05, 0) is 57.2 Å². The van der Waals surface area contributed by atoms with Gasteiger partial charge >= 0.3 is 5.97 Å². The molecule has 12 heteroatoms. The minimum absolute atomic E-state index is 0.0931. The highest BCUT2D eigenvalue weighted by Crippen LogP contribution is 2.27. The molecule has 1 aromatic carbocycles. The number of esters is 1. The number of carbonyl (C=O) groups is 4. The summed E-state index contributed by atoms with van der Waals surface area (Å²) in [4.78, 5) is 59.3. The van der Waals surface area contributed by atoms with E-state index in [2.05, 4.69) is 16.1 Å². The van der Waals surface area contributed by atoms with Gasteiger partial charge in [0, 0.05) is 17.3 Å².